The fourth-order valence-electron chi connectivity index (χ4n) is 5.37. The van der Waals surface area contributed by atoms with Crippen molar-refractivity contribution in [3.05, 3.63) is 90.5 Å². The lowest BCUT2D eigenvalue weighted by Gasteiger charge is -2.44. The Bertz CT molecular complexity index is 1280. The Morgan fingerprint density at radius 3 is 2.05 bits per heavy atom. The van der Waals surface area contributed by atoms with Gasteiger partial charge in [0.1, 0.15) is 17.5 Å². The average Bonchev–Trinajstić information content (AvgIpc) is 2.91. The number of hydrogen-bond donors (Lipinski definition) is 3. The SMILES string of the molecule is CCCCCOc1ccccc1C1C(C(=O)Nc2ccccc2)C(=O)CC(C)(O)C1C(=O)Nc1ccccc1. The van der Waals surface area contributed by atoms with Gasteiger partial charge in [-0.3, -0.25) is 14.4 Å². The van der Waals surface area contributed by atoms with Gasteiger partial charge in [0.05, 0.1) is 18.1 Å². The number of carbonyl (C=O) groups excluding carboxylic acids is 3. The van der Waals surface area contributed by atoms with Gasteiger partial charge in [0.15, 0.2) is 0 Å². The molecule has 204 valence electrons. The van der Waals surface area contributed by atoms with Gasteiger partial charge >= 0.3 is 0 Å². The van der Waals surface area contributed by atoms with E-state index in [1.807, 2.05) is 18.2 Å². The van der Waals surface area contributed by atoms with Gasteiger partial charge in [-0.2, -0.15) is 0 Å². The first kappa shape index (κ1) is 28.0. The minimum absolute atomic E-state index is 0.331. The van der Waals surface area contributed by atoms with Crippen molar-refractivity contribution in [2.45, 2.75) is 51.0 Å². The fraction of sp³-hybridized carbons (Fsp3) is 0.344. The molecule has 0 spiro atoms. The zero-order valence-corrected chi connectivity index (χ0v) is 22.4. The molecule has 0 aromatic heterocycles. The smallest absolute Gasteiger partial charge is 0.235 e. The quantitative estimate of drug-likeness (QED) is 0.236. The summed E-state index contributed by atoms with van der Waals surface area (Å²) in [6.45, 7) is 4.06. The van der Waals surface area contributed by atoms with Crippen molar-refractivity contribution in [2.75, 3.05) is 17.2 Å². The Kier molecular flexibility index (Phi) is 9.15. The third-order valence-electron chi connectivity index (χ3n) is 7.20. The lowest BCUT2D eigenvalue weighted by Crippen LogP contribution is -2.56. The minimum Gasteiger partial charge on any atom is -0.493 e. The maximum absolute atomic E-state index is 13.9. The Balaban J connectivity index is 1.78. The molecule has 39 heavy (non-hydrogen) atoms. The Labute approximate surface area is 229 Å². The first-order chi connectivity index (χ1) is 18.8. The number of Topliss-reactive ketones (excluding diaryl/α,β-unsaturated/α-hetero) is 1. The number of hydrogen-bond acceptors (Lipinski definition) is 5. The molecule has 0 aliphatic heterocycles. The van der Waals surface area contributed by atoms with Crippen LogP contribution in [0.15, 0.2) is 84.9 Å². The van der Waals surface area contributed by atoms with Gasteiger partial charge in [0.25, 0.3) is 0 Å². The number of para-hydroxylation sites is 3. The molecule has 1 fully saturated rings. The molecule has 3 aromatic carbocycles. The molecule has 3 N–H and O–H groups in total. The summed E-state index contributed by atoms with van der Waals surface area (Å²) in [4.78, 5) is 41.1. The van der Waals surface area contributed by atoms with Gasteiger partial charge in [0.2, 0.25) is 11.8 Å². The zero-order valence-electron chi connectivity index (χ0n) is 22.4. The van der Waals surface area contributed by atoms with Crippen molar-refractivity contribution >= 4 is 29.0 Å². The van der Waals surface area contributed by atoms with E-state index >= 15 is 0 Å². The topological polar surface area (TPSA) is 105 Å². The van der Waals surface area contributed by atoms with Crippen LogP contribution < -0.4 is 15.4 Å². The molecule has 0 bridgehead atoms. The second-order valence-electron chi connectivity index (χ2n) is 10.3. The Morgan fingerprint density at radius 2 is 1.44 bits per heavy atom. The Hall–Kier alpha value is -3.97. The largest absolute Gasteiger partial charge is 0.493 e. The zero-order chi connectivity index (χ0) is 27.8. The number of carbonyl (C=O) groups is 3. The molecule has 0 heterocycles. The normalized spacial score (nSPS) is 22.6. The van der Waals surface area contributed by atoms with E-state index in [1.165, 1.54) is 6.92 Å². The molecule has 1 saturated carbocycles. The number of amides is 2. The van der Waals surface area contributed by atoms with Gasteiger partial charge < -0.3 is 20.5 Å². The van der Waals surface area contributed by atoms with Crippen molar-refractivity contribution in [3.8, 4) is 5.75 Å². The van der Waals surface area contributed by atoms with E-state index in [9.17, 15) is 19.5 Å². The van der Waals surface area contributed by atoms with E-state index in [0.717, 1.165) is 19.3 Å². The van der Waals surface area contributed by atoms with Crippen LogP contribution in [0.2, 0.25) is 0 Å². The van der Waals surface area contributed by atoms with Crippen LogP contribution in [-0.4, -0.2) is 34.9 Å². The summed E-state index contributed by atoms with van der Waals surface area (Å²) in [5.74, 6) is -4.20. The molecule has 3 aromatic rings. The summed E-state index contributed by atoms with van der Waals surface area (Å²) in [6, 6.07) is 25.0. The average molecular weight is 529 g/mol. The molecule has 7 nitrogen and oxygen atoms in total. The molecular formula is C32H36N2O5. The first-order valence-electron chi connectivity index (χ1n) is 13.5. The van der Waals surface area contributed by atoms with E-state index < -0.39 is 41.0 Å². The molecule has 4 rings (SSSR count). The van der Waals surface area contributed by atoms with E-state index in [4.69, 9.17) is 4.74 Å². The maximum atomic E-state index is 13.9. The van der Waals surface area contributed by atoms with E-state index in [2.05, 4.69) is 17.6 Å². The molecule has 4 atom stereocenters. The van der Waals surface area contributed by atoms with Gasteiger partial charge in [-0.1, -0.05) is 74.4 Å². The summed E-state index contributed by atoms with van der Waals surface area (Å²) in [6.07, 6.45) is 2.56. The van der Waals surface area contributed by atoms with Crippen molar-refractivity contribution in [1.82, 2.24) is 0 Å². The number of anilines is 2. The summed E-state index contributed by atoms with van der Waals surface area (Å²) in [7, 11) is 0. The van der Waals surface area contributed by atoms with Crippen molar-refractivity contribution in [3.63, 3.8) is 0 Å². The van der Waals surface area contributed by atoms with E-state index in [-0.39, 0.29) is 6.42 Å². The van der Waals surface area contributed by atoms with Gasteiger partial charge in [-0.15, -0.1) is 0 Å². The second kappa shape index (κ2) is 12.7. The predicted molar refractivity (Wildman–Crippen MR) is 152 cm³/mol. The molecule has 1 aliphatic carbocycles. The number of aliphatic hydroxyl groups is 1. The van der Waals surface area contributed by atoms with Gasteiger partial charge in [-0.05, 0) is 49.2 Å². The van der Waals surface area contributed by atoms with E-state index in [1.54, 1.807) is 66.7 Å². The highest BCUT2D eigenvalue weighted by Crippen LogP contribution is 2.48. The van der Waals surface area contributed by atoms with Crippen LogP contribution in [0.3, 0.4) is 0 Å². The maximum Gasteiger partial charge on any atom is 0.235 e. The number of ether oxygens (including phenoxy) is 1. The number of benzene rings is 3. The molecular weight excluding hydrogens is 492 g/mol. The highest BCUT2D eigenvalue weighted by Gasteiger charge is 2.56. The number of rotatable bonds is 10. The van der Waals surface area contributed by atoms with Crippen molar-refractivity contribution < 1.29 is 24.2 Å². The molecule has 0 saturated heterocycles. The van der Waals surface area contributed by atoms with E-state index in [0.29, 0.717) is 29.3 Å². The molecule has 0 radical (unpaired) electrons. The third-order valence-corrected chi connectivity index (χ3v) is 7.20. The van der Waals surface area contributed by atoms with Crippen LogP contribution in [0.4, 0.5) is 11.4 Å². The Morgan fingerprint density at radius 1 is 0.872 bits per heavy atom. The molecule has 2 amide bonds. The first-order valence-corrected chi connectivity index (χ1v) is 13.5. The van der Waals surface area contributed by atoms with Crippen LogP contribution in [0, 0.1) is 11.8 Å². The van der Waals surface area contributed by atoms with Gasteiger partial charge in [-0.25, -0.2) is 0 Å². The number of nitrogens with one attached hydrogen (secondary N) is 2. The minimum atomic E-state index is -1.69. The molecule has 4 unspecified atom stereocenters. The van der Waals surface area contributed by atoms with Crippen LogP contribution in [-0.2, 0) is 14.4 Å². The monoisotopic (exact) mass is 528 g/mol. The van der Waals surface area contributed by atoms with Crippen LogP contribution in [0.25, 0.3) is 0 Å². The van der Waals surface area contributed by atoms with Crippen LogP contribution >= 0.6 is 0 Å². The highest BCUT2D eigenvalue weighted by atomic mass is 16.5. The lowest BCUT2D eigenvalue weighted by atomic mass is 9.61. The standard InChI is InChI=1S/C32H36N2O5/c1-3-4-13-20-39-26-19-12-11-18-24(26)27-28(30(36)33-22-14-7-5-8-15-22)25(35)21-32(2,38)29(27)31(37)34-23-16-9-6-10-17-23/h5-12,14-19,27-29,38H,3-4,13,20-21H2,1-2H3,(H,33,36)(H,34,37). The number of unbranched alkanes of at least 4 members (excludes halogenated alkanes) is 2. The predicted octanol–water partition coefficient (Wildman–Crippen LogP) is 5.57. The summed E-state index contributed by atoms with van der Waals surface area (Å²) < 4.78 is 6.13. The molecule has 7 heteroatoms. The van der Waals surface area contributed by atoms with Crippen molar-refractivity contribution in [2.24, 2.45) is 11.8 Å². The molecule has 1 aliphatic rings. The van der Waals surface area contributed by atoms with Crippen LogP contribution in [0.5, 0.6) is 5.75 Å². The fourth-order valence-corrected chi connectivity index (χ4v) is 5.37. The van der Waals surface area contributed by atoms with Crippen molar-refractivity contribution in [1.29, 1.82) is 0 Å². The lowest BCUT2D eigenvalue weighted by molar-refractivity contribution is -0.150. The summed E-state index contributed by atoms with van der Waals surface area (Å²) in [5.41, 5.74) is -0.0488. The number of ketones is 1. The highest BCUT2D eigenvalue weighted by molar-refractivity contribution is 6.10. The summed E-state index contributed by atoms with van der Waals surface area (Å²) >= 11 is 0. The van der Waals surface area contributed by atoms with Crippen LogP contribution in [0.1, 0.15) is 51.0 Å². The third kappa shape index (κ3) is 6.73. The second-order valence-corrected chi connectivity index (χ2v) is 10.3. The summed E-state index contributed by atoms with van der Waals surface area (Å²) in [5, 5.41) is 17.3. The van der Waals surface area contributed by atoms with Gasteiger partial charge in [0, 0.05) is 23.7 Å².